The van der Waals surface area contributed by atoms with Gasteiger partial charge in [-0.15, -0.1) is 0 Å². The van der Waals surface area contributed by atoms with Gasteiger partial charge in [-0.2, -0.15) is 0 Å². The van der Waals surface area contributed by atoms with Crippen LogP contribution in [0.25, 0.3) is 0 Å². The first-order valence-electron chi connectivity index (χ1n) is 5.85. The Labute approximate surface area is 114 Å². The highest BCUT2D eigenvalue weighted by Gasteiger charge is 2.29. The summed E-state index contributed by atoms with van der Waals surface area (Å²) >= 11 is 5.85. The fourth-order valence-corrected chi connectivity index (χ4v) is 2.47. The Morgan fingerprint density at radius 1 is 1.58 bits per heavy atom. The Morgan fingerprint density at radius 2 is 2.32 bits per heavy atom. The average molecular weight is 285 g/mol. The summed E-state index contributed by atoms with van der Waals surface area (Å²) < 4.78 is 0. The van der Waals surface area contributed by atoms with Crippen molar-refractivity contribution in [2.75, 3.05) is 13.1 Å². The molecule has 0 saturated carbocycles. The SMILES string of the molecule is O=C(O)C1CCN(Cc2cc(Cl)ccc2[N+](=O)[O-])C1. The van der Waals surface area contributed by atoms with E-state index < -0.39 is 16.8 Å². The van der Waals surface area contributed by atoms with Crippen molar-refractivity contribution in [1.82, 2.24) is 4.90 Å². The molecule has 1 aliphatic rings. The maximum atomic E-state index is 10.9. The third-order valence-corrected chi connectivity index (χ3v) is 3.49. The number of hydrogen-bond donors (Lipinski definition) is 1. The molecule has 19 heavy (non-hydrogen) atoms. The maximum absolute atomic E-state index is 10.9. The molecule has 1 aromatic rings. The summed E-state index contributed by atoms with van der Waals surface area (Å²) in [6.07, 6.45) is 0.573. The van der Waals surface area contributed by atoms with E-state index in [1.54, 1.807) is 6.07 Å². The molecule has 1 N–H and O–H groups in total. The highest BCUT2D eigenvalue weighted by atomic mass is 35.5. The third-order valence-electron chi connectivity index (χ3n) is 3.25. The molecule has 1 aromatic carbocycles. The zero-order chi connectivity index (χ0) is 14.0. The number of carboxylic acids is 1. The number of nitro groups is 1. The van der Waals surface area contributed by atoms with Gasteiger partial charge in [-0.05, 0) is 25.1 Å². The molecule has 0 radical (unpaired) electrons. The van der Waals surface area contributed by atoms with Gasteiger partial charge in [-0.25, -0.2) is 0 Å². The molecule has 1 fully saturated rings. The monoisotopic (exact) mass is 284 g/mol. The third kappa shape index (κ3) is 3.21. The minimum absolute atomic E-state index is 0.0168. The largest absolute Gasteiger partial charge is 0.481 e. The number of nitrogens with zero attached hydrogens (tertiary/aromatic N) is 2. The van der Waals surface area contributed by atoms with Crippen LogP contribution in [0.4, 0.5) is 5.69 Å². The second-order valence-corrected chi connectivity index (χ2v) is 5.03. The van der Waals surface area contributed by atoms with E-state index in [0.717, 1.165) is 0 Å². The lowest BCUT2D eigenvalue weighted by atomic mass is 10.1. The normalized spacial score (nSPS) is 19.5. The molecule has 6 nitrogen and oxygen atoms in total. The van der Waals surface area contributed by atoms with Gasteiger partial charge in [0.15, 0.2) is 0 Å². The lowest BCUT2D eigenvalue weighted by Gasteiger charge is -2.15. The van der Waals surface area contributed by atoms with E-state index in [1.807, 2.05) is 4.90 Å². The molecule has 0 spiro atoms. The van der Waals surface area contributed by atoms with E-state index >= 15 is 0 Å². The molecule has 7 heteroatoms. The van der Waals surface area contributed by atoms with Crippen molar-refractivity contribution >= 4 is 23.3 Å². The first-order valence-corrected chi connectivity index (χ1v) is 6.23. The van der Waals surface area contributed by atoms with Crippen LogP contribution in [0.5, 0.6) is 0 Å². The van der Waals surface area contributed by atoms with Crippen molar-refractivity contribution in [1.29, 1.82) is 0 Å². The van der Waals surface area contributed by atoms with Crippen molar-refractivity contribution in [3.8, 4) is 0 Å². The molecule has 1 saturated heterocycles. The Hall–Kier alpha value is -1.66. The fraction of sp³-hybridized carbons (Fsp3) is 0.417. The number of carbonyl (C=O) groups is 1. The minimum Gasteiger partial charge on any atom is -0.481 e. The Balaban J connectivity index is 2.13. The van der Waals surface area contributed by atoms with E-state index in [9.17, 15) is 14.9 Å². The summed E-state index contributed by atoms with van der Waals surface area (Å²) in [5.74, 6) is -1.21. The van der Waals surface area contributed by atoms with Crippen LogP contribution >= 0.6 is 11.6 Å². The first-order chi connectivity index (χ1) is 8.97. The lowest BCUT2D eigenvalue weighted by molar-refractivity contribution is -0.385. The molecular formula is C12H13ClN2O4. The quantitative estimate of drug-likeness (QED) is 0.676. The van der Waals surface area contributed by atoms with Crippen molar-refractivity contribution in [3.63, 3.8) is 0 Å². The van der Waals surface area contributed by atoms with Crippen LogP contribution in [-0.2, 0) is 11.3 Å². The molecule has 1 atom stereocenters. The Morgan fingerprint density at radius 3 is 2.89 bits per heavy atom. The molecule has 1 aliphatic heterocycles. The van der Waals surface area contributed by atoms with Gasteiger partial charge in [-0.3, -0.25) is 19.8 Å². The summed E-state index contributed by atoms with van der Waals surface area (Å²) in [6.45, 7) is 1.39. The number of hydrogen-bond acceptors (Lipinski definition) is 4. The van der Waals surface area contributed by atoms with Gasteiger partial charge in [0.1, 0.15) is 0 Å². The standard InChI is InChI=1S/C12H13ClN2O4/c13-10-1-2-11(15(18)19)9(5-10)7-14-4-3-8(6-14)12(16)17/h1-2,5,8H,3-4,6-7H2,(H,16,17). The number of likely N-dealkylation sites (tertiary alicyclic amines) is 1. The molecule has 0 bridgehead atoms. The molecule has 1 unspecified atom stereocenters. The fourth-order valence-electron chi connectivity index (χ4n) is 2.28. The van der Waals surface area contributed by atoms with E-state index in [1.165, 1.54) is 12.1 Å². The van der Waals surface area contributed by atoms with Gasteiger partial charge in [0.25, 0.3) is 5.69 Å². The smallest absolute Gasteiger partial charge is 0.307 e. The van der Waals surface area contributed by atoms with E-state index in [0.29, 0.717) is 36.6 Å². The highest BCUT2D eigenvalue weighted by molar-refractivity contribution is 6.30. The van der Waals surface area contributed by atoms with E-state index in [-0.39, 0.29) is 5.69 Å². The summed E-state index contributed by atoms with van der Waals surface area (Å²) in [6, 6.07) is 4.42. The Kier molecular flexibility index (Phi) is 4.01. The van der Waals surface area contributed by atoms with Crippen molar-refractivity contribution < 1.29 is 14.8 Å². The summed E-state index contributed by atoms with van der Waals surface area (Å²) in [5.41, 5.74) is 0.534. The summed E-state index contributed by atoms with van der Waals surface area (Å²) in [4.78, 5) is 23.3. The van der Waals surface area contributed by atoms with Crippen molar-refractivity contribution in [2.45, 2.75) is 13.0 Å². The molecule has 0 amide bonds. The second-order valence-electron chi connectivity index (χ2n) is 4.59. The maximum Gasteiger partial charge on any atom is 0.307 e. The summed E-state index contributed by atoms with van der Waals surface area (Å²) in [7, 11) is 0. The van der Waals surface area contributed by atoms with E-state index in [4.69, 9.17) is 16.7 Å². The summed E-state index contributed by atoms with van der Waals surface area (Å²) in [5, 5.41) is 20.3. The minimum atomic E-state index is -0.817. The zero-order valence-electron chi connectivity index (χ0n) is 10.1. The van der Waals surface area contributed by atoms with E-state index in [2.05, 4.69) is 0 Å². The average Bonchev–Trinajstić information content (AvgIpc) is 2.77. The number of halogens is 1. The number of rotatable bonds is 4. The number of carboxylic acid groups (broad SMARTS) is 1. The first kappa shape index (κ1) is 13.8. The van der Waals surface area contributed by atoms with Crippen LogP contribution in [0.2, 0.25) is 5.02 Å². The van der Waals surface area contributed by atoms with Crippen molar-refractivity contribution in [3.05, 3.63) is 38.9 Å². The highest BCUT2D eigenvalue weighted by Crippen LogP contribution is 2.26. The Bertz CT molecular complexity index is 520. The van der Waals surface area contributed by atoms with Crippen LogP contribution in [0.3, 0.4) is 0 Å². The molecular weight excluding hydrogens is 272 g/mol. The van der Waals surface area contributed by atoms with Crippen LogP contribution in [0.1, 0.15) is 12.0 Å². The number of nitro benzene ring substituents is 1. The van der Waals surface area contributed by atoms with Gasteiger partial charge in [-0.1, -0.05) is 11.6 Å². The zero-order valence-corrected chi connectivity index (χ0v) is 10.8. The van der Waals surface area contributed by atoms with Gasteiger partial charge in [0, 0.05) is 29.7 Å². The molecule has 0 aliphatic carbocycles. The lowest BCUT2D eigenvalue weighted by Crippen LogP contribution is -2.23. The van der Waals surface area contributed by atoms with Gasteiger partial charge < -0.3 is 5.11 Å². The van der Waals surface area contributed by atoms with Crippen LogP contribution in [-0.4, -0.2) is 34.0 Å². The predicted molar refractivity (Wildman–Crippen MR) is 69.1 cm³/mol. The van der Waals surface area contributed by atoms with Gasteiger partial charge in [0.2, 0.25) is 0 Å². The second kappa shape index (κ2) is 5.54. The number of benzene rings is 1. The van der Waals surface area contributed by atoms with Crippen LogP contribution < -0.4 is 0 Å². The van der Waals surface area contributed by atoms with Gasteiger partial charge >= 0.3 is 5.97 Å². The van der Waals surface area contributed by atoms with Crippen LogP contribution in [0.15, 0.2) is 18.2 Å². The predicted octanol–water partition coefficient (Wildman–Crippen LogP) is 2.15. The van der Waals surface area contributed by atoms with Crippen molar-refractivity contribution in [2.24, 2.45) is 5.92 Å². The van der Waals surface area contributed by atoms with Gasteiger partial charge in [0.05, 0.1) is 10.8 Å². The molecule has 0 aromatic heterocycles. The van der Waals surface area contributed by atoms with Crippen LogP contribution in [0, 0.1) is 16.0 Å². The topological polar surface area (TPSA) is 83.7 Å². The molecule has 1 heterocycles. The molecule has 2 rings (SSSR count). The number of aliphatic carboxylic acids is 1. The molecule has 102 valence electrons.